The van der Waals surface area contributed by atoms with E-state index in [0.717, 1.165) is 10.7 Å². The molecule has 0 unspecified atom stereocenters. The summed E-state index contributed by atoms with van der Waals surface area (Å²) in [5.74, 6) is -0.0303. The van der Waals surface area contributed by atoms with Crippen molar-refractivity contribution in [1.29, 1.82) is 0 Å². The highest BCUT2D eigenvalue weighted by molar-refractivity contribution is 7.92. The van der Waals surface area contributed by atoms with Crippen LogP contribution in [-0.4, -0.2) is 57.5 Å². The molecule has 0 aromatic heterocycles. The quantitative estimate of drug-likeness (QED) is 0.361. The lowest BCUT2D eigenvalue weighted by Crippen LogP contribution is -2.51. The Bertz CT molecular complexity index is 1450. The lowest BCUT2D eigenvalue weighted by atomic mass is 10.1. The van der Waals surface area contributed by atoms with Crippen molar-refractivity contribution < 1.29 is 27.5 Å². The van der Waals surface area contributed by atoms with Gasteiger partial charge in [-0.1, -0.05) is 48.9 Å². The Morgan fingerprint density at radius 2 is 1.70 bits per heavy atom. The number of carbonyl (C=O) groups excluding carboxylic acids is 2. The minimum Gasteiger partial charge on any atom is -0.486 e. The average Bonchev–Trinajstić information content (AvgIpc) is 2.97. The molecule has 1 aliphatic heterocycles. The summed E-state index contributed by atoms with van der Waals surface area (Å²) < 4.78 is 40.1. The van der Waals surface area contributed by atoms with Crippen molar-refractivity contribution in [3.8, 4) is 11.5 Å². The molecule has 0 bridgehead atoms. The van der Waals surface area contributed by atoms with Gasteiger partial charge in [0.15, 0.2) is 11.5 Å². The molecule has 3 aromatic carbocycles. The van der Waals surface area contributed by atoms with Gasteiger partial charge in [-0.3, -0.25) is 13.9 Å². The molecule has 4 rings (SSSR count). The van der Waals surface area contributed by atoms with Crippen molar-refractivity contribution in [1.82, 2.24) is 10.2 Å². The third-order valence-electron chi connectivity index (χ3n) is 6.38. The molecule has 0 spiro atoms. The van der Waals surface area contributed by atoms with Crippen LogP contribution in [0.1, 0.15) is 25.8 Å². The zero-order chi connectivity index (χ0) is 28.7. The predicted octanol–water partition coefficient (Wildman–Crippen LogP) is 4.25. The number of hydrogen-bond donors (Lipinski definition) is 1. The minimum atomic E-state index is -4.18. The second-order valence-electron chi connectivity index (χ2n) is 9.27. The maximum Gasteiger partial charge on any atom is 0.264 e. The first-order valence-electron chi connectivity index (χ1n) is 13.0. The van der Waals surface area contributed by atoms with Gasteiger partial charge in [-0.05, 0) is 55.3 Å². The lowest BCUT2D eigenvalue weighted by Gasteiger charge is -2.32. The van der Waals surface area contributed by atoms with E-state index in [0.29, 0.717) is 41.8 Å². The molecule has 9 nitrogen and oxygen atoms in total. The van der Waals surface area contributed by atoms with Crippen LogP contribution in [0.3, 0.4) is 0 Å². The van der Waals surface area contributed by atoms with E-state index in [2.05, 4.69) is 5.32 Å². The molecule has 0 saturated heterocycles. The SMILES string of the molecule is CCCNC(=O)[C@H](C)N(Cc1cccc(Cl)c1)C(=O)CN(c1ccc2c(c1)OCCO2)S(=O)(=O)c1ccccc1. The van der Waals surface area contributed by atoms with Gasteiger partial charge in [-0.2, -0.15) is 0 Å². The smallest absolute Gasteiger partial charge is 0.264 e. The molecule has 1 heterocycles. The third-order valence-corrected chi connectivity index (χ3v) is 8.41. The fraction of sp³-hybridized carbons (Fsp3) is 0.310. The Balaban J connectivity index is 1.72. The Morgan fingerprint density at radius 1 is 0.975 bits per heavy atom. The zero-order valence-corrected chi connectivity index (χ0v) is 24.0. The number of nitrogens with zero attached hydrogens (tertiary/aromatic N) is 2. The number of anilines is 1. The predicted molar refractivity (Wildman–Crippen MR) is 153 cm³/mol. The molecular formula is C29H32ClN3O6S. The maximum absolute atomic E-state index is 14.0. The highest BCUT2D eigenvalue weighted by Gasteiger charge is 2.33. The van der Waals surface area contributed by atoms with Gasteiger partial charge in [-0.25, -0.2) is 8.42 Å². The number of fused-ring (bicyclic) bond motifs is 1. The number of ether oxygens (including phenoxy) is 2. The summed E-state index contributed by atoms with van der Waals surface area (Å²) in [6.45, 7) is 4.20. The van der Waals surface area contributed by atoms with Crippen LogP contribution in [-0.2, 0) is 26.2 Å². The van der Waals surface area contributed by atoms with Crippen molar-refractivity contribution in [2.45, 2.75) is 37.8 Å². The van der Waals surface area contributed by atoms with Crippen LogP contribution in [0.5, 0.6) is 11.5 Å². The van der Waals surface area contributed by atoms with Crippen LogP contribution >= 0.6 is 11.6 Å². The van der Waals surface area contributed by atoms with Crippen molar-refractivity contribution in [3.05, 3.63) is 83.4 Å². The van der Waals surface area contributed by atoms with Crippen LogP contribution in [0.4, 0.5) is 5.69 Å². The van der Waals surface area contributed by atoms with E-state index < -0.39 is 28.5 Å². The van der Waals surface area contributed by atoms with Gasteiger partial charge in [0.2, 0.25) is 11.8 Å². The summed E-state index contributed by atoms with van der Waals surface area (Å²) in [6.07, 6.45) is 0.730. The molecule has 0 saturated carbocycles. The fourth-order valence-electron chi connectivity index (χ4n) is 4.25. The first-order valence-corrected chi connectivity index (χ1v) is 14.8. The number of sulfonamides is 1. The van der Waals surface area contributed by atoms with Crippen LogP contribution in [0, 0.1) is 0 Å². The van der Waals surface area contributed by atoms with Crippen molar-refractivity contribution >= 4 is 39.1 Å². The first kappa shape index (κ1) is 29.2. The minimum absolute atomic E-state index is 0.0211. The molecular weight excluding hydrogens is 554 g/mol. The fourth-order valence-corrected chi connectivity index (χ4v) is 5.89. The Labute approximate surface area is 239 Å². The van der Waals surface area contributed by atoms with Gasteiger partial charge in [0.25, 0.3) is 10.0 Å². The van der Waals surface area contributed by atoms with Gasteiger partial charge in [0.05, 0.1) is 10.6 Å². The summed E-state index contributed by atoms with van der Waals surface area (Å²) in [7, 11) is -4.18. The van der Waals surface area contributed by atoms with Crippen molar-refractivity contribution in [2.75, 3.05) is 30.6 Å². The number of amides is 2. The Kier molecular flexibility index (Phi) is 9.54. The van der Waals surface area contributed by atoms with E-state index in [1.165, 1.54) is 17.0 Å². The normalized spacial score (nSPS) is 13.3. The van der Waals surface area contributed by atoms with E-state index in [1.54, 1.807) is 67.6 Å². The van der Waals surface area contributed by atoms with Crippen LogP contribution in [0.15, 0.2) is 77.7 Å². The molecule has 1 N–H and O–H groups in total. The molecule has 0 fully saturated rings. The van der Waals surface area contributed by atoms with Gasteiger partial charge in [0.1, 0.15) is 25.8 Å². The number of halogens is 1. The van der Waals surface area contributed by atoms with Gasteiger partial charge in [0, 0.05) is 24.2 Å². The number of benzene rings is 3. The standard InChI is InChI=1S/C29H32ClN3O6S/c1-3-14-31-29(35)21(2)32(19-22-8-7-9-23(30)17-22)28(34)20-33(40(36,37)25-10-5-4-6-11-25)24-12-13-26-27(18-24)39-16-15-38-26/h4-13,17-18,21H,3,14-16,19-20H2,1-2H3,(H,31,35)/t21-/m0/s1. The summed E-state index contributed by atoms with van der Waals surface area (Å²) in [5, 5.41) is 3.30. The highest BCUT2D eigenvalue weighted by atomic mass is 35.5. The molecule has 0 radical (unpaired) electrons. The maximum atomic E-state index is 14.0. The number of rotatable bonds is 11. The molecule has 11 heteroatoms. The van der Waals surface area contributed by atoms with Crippen LogP contribution in [0.2, 0.25) is 5.02 Å². The monoisotopic (exact) mass is 585 g/mol. The van der Waals surface area contributed by atoms with E-state index >= 15 is 0 Å². The van der Waals surface area contributed by atoms with Gasteiger partial charge in [-0.15, -0.1) is 0 Å². The summed E-state index contributed by atoms with van der Waals surface area (Å²) in [4.78, 5) is 28.3. The third kappa shape index (κ3) is 6.86. The van der Waals surface area contributed by atoms with Gasteiger partial charge < -0.3 is 19.7 Å². The number of hydrogen-bond acceptors (Lipinski definition) is 6. The summed E-state index contributed by atoms with van der Waals surface area (Å²) in [5.41, 5.74) is 0.931. The van der Waals surface area contributed by atoms with Crippen molar-refractivity contribution in [2.24, 2.45) is 0 Å². The Hall–Kier alpha value is -3.76. The topological polar surface area (TPSA) is 105 Å². The van der Waals surface area contributed by atoms with E-state index in [4.69, 9.17) is 21.1 Å². The second kappa shape index (κ2) is 13.1. The lowest BCUT2D eigenvalue weighted by molar-refractivity contribution is -0.139. The van der Waals surface area contributed by atoms with E-state index in [-0.39, 0.29) is 23.0 Å². The zero-order valence-electron chi connectivity index (χ0n) is 22.4. The molecule has 3 aromatic rings. The van der Waals surface area contributed by atoms with Crippen LogP contribution in [0.25, 0.3) is 0 Å². The second-order valence-corrected chi connectivity index (χ2v) is 11.6. The molecule has 1 aliphatic rings. The van der Waals surface area contributed by atoms with E-state index in [1.807, 2.05) is 6.92 Å². The first-order chi connectivity index (χ1) is 19.2. The van der Waals surface area contributed by atoms with E-state index in [9.17, 15) is 18.0 Å². The molecule has 1 atom stereocenters. The number of carbonyl (C=O) groups is 2. The number of nitrogens with one attached hydrogen (secondary N) is 1. The molecule has 2 amide bonds. The highest BCUT2D eigenvalue weighted by Crippen LogP contribution is 2.36. The Morgan fingerprint density at radius 3 is 2.40 bits per heavy atom. The van der Waals surface area contributed by atoms with Crippen molar-refractivity contribution in [3.63, 3.8) is 0 Å². The summed E-state index contributed by atoms with van der Waals surface area (Å²) in [6, 6.07) is 18.7. The molecule has 40 heavy (non-hydrogen) atoms. The molecule has 212 valence electrons. The van der Waals surface area contributed by atoms with Crippen LogP contribution < -0.4 is 19.1 Å². The largest absolute Gasteiger partial charge is 0.486 e. The van der Waals surface area contributed by atoms with Gasteiger partial charge >= 0.3 is 0 Å². The molecule has 0 aliphatic carbocycles. The average molecular weight is 586 g/mol. The summed E-state index contributed by atoms with van der Waals surface area (Å²) >= 11 is 6.18.